The van der Waals surface area contributed by atoms with Gasteiger partial charge in [0.05, 0.1) is 5.56 Å². The van der Waals surface area contributed by atoms with Gasteiger partial charge in [-0.25, -0.2) is 4.79 Å². The number of carbonyl (C=O) groups excluding carboxylic acids is 1. The summed E-state index contributed by atoms with van der Waals surface area (Å²) in [7, 11) is 0. The Hall–Kier alpha value is -2.69. The molecule has 0 spiro atoms. The second kappa shape index (κ2) is 5.01. The maximum atomic E-state index is 12.5. The minimum atomic E-state index is -0.955. The maximum absolute atomic E-state index is 12.5. The molecule has 3 rings (SSSR count). The number of carbonyl (C=O) groups is 2. The third kappa shape index (κ3) is 2.38. The van der Waals surface area contributed by atoms with E-state index in [4.69, 9.17) is 5.11 Å². The summed E-state index contributed by atoms with van der Waals surface area (Å²) in [6.45, 7) is 2.77. The Morgan fingerprint density at radius 1 is 1.19 bits per heavy atom. The van der Waals surface area contributed by atoms with Gasteiger partial charge in [-0.15, -0.1) is 0 Å². The van der Waals surface area contributed by atoms with E-state index in [2.05, 4.69) is 4.98 Å². The van der Waals surface area contributed by atoms with Gasteiger partial charge in [-0.05, 0) is 41.8 Å². The smallest absolute Gasteiger partial charge is 0.335 e. The molecule has 0 aliphatic carbocycles. The van der Waals surface area contributed by atoms with Gasteiger partial charge in [0.1, 0.15) is 5.69 Å². The molecule has 1 aliphatic heterocycles. The van der Waals surface area contributed by atoms with Crippen LogP contribution in [0.5, 0.6) is 0 Å². The molecule has 1 aromatic carbocycles. The van der Waals surface area contributed by atoms with Gasteiger partial charge in [-0.3, -0.25) is 9.78 Å². The Labute approximate surface area is 121 Å². The number of fused-ring (bicyclic) bond motifs is 1. The molecular formula is C16H14N2O3. The van der Waals surface area contributed by atoms with Crippen molar-refractivity contribution in [1.82, 2.24) is 9.88 Å². The van der Waals surface area contributed by atoms with Crippen LogP contribution in [0.3, 0.4) is 0 Å². The summed E-state index contributed by atoms with van der Waals surface area (Å²) in [4.78, 5) is 29.3. The van der Waals surface area contributed by atoms with E-state index in [-0.39, 0.29) is 11.5 Å². The van der Waals surface area contributed by atoms with Gasteiger partial charge in [0.25, 0.3) is 5.91 Å². The van der Waals surface area contributed by atoms with E-state index in [0.717, 1.165) is 16.7 Å². The van der Waals surface area contributed by atoms with Crippen LogP contribution in [-0.2, 0) is 13.1 Å². The van der Waals surface area contributed by atoms with E-state index in [1.54, 1.807) is 35.4 Å². The molecule has 0 fully saturated rings. The molecule has 2 heterocycles. The number of hydrogen-bond donors (Lipinski definition) is 1. The monoisotopic (exact) mass is 282 g/mol. The van der Waals surface area contributed by atoms with Crippen molar-refractivity contribution in [3.63, 3.8) is 0 Å². The molecule has 0 unspecified atom stereocenters. The second-order valence-electron chi connectivity index (χ2n) is 5.12. The zero-order valence-corrected chi connectivity index (χ0v) is 11.5. The molecule has 1 amide bonds. The molecule has 21 heavy (non-hydrogen) atoms. The van der Waals surface area contributed by atoms with Crippen molar-refractivity contribution in [2.75, 3.05) is 0 Å². The summed E-state index contributed by atoms with van der Waals surface area (Å²) < 4.78 is 0. The summed E-state index contributed by atoms with van der Waals surface area (Å²) in [5, 5.41) is 9.02. The standard InChI is InChI=1S/C16H14N2O3/c1-10-3-2-6-17-14(10)15(19)18-8-12-5-4-11(16(20)21)7-13(12)9-18/h2-7H,8-9H2,1H3,(H,20,21). The van der Waals surface area contributed by atoms with Gasteiger partial charge < -0.3 is 10.0 Å². The highest BCUT2D eigenvalue weighted by Gasteiger charge is 2.26. The fourth-order valence-corrected chi connectivity index (χ4v) is 2.53. The van der Waals surface area contributed by atoms with Crippen LogP contribution in [-0.4, -0.2) is 26.9 Å². The molecule has 106 valence electrons. The van der Waals surface area contributed by atoms with Crippen LogP contribution in [0.25, 0.3) is 0 Å². The number of benzene rings is 1. The minimum absolute atomic E-state index is 0.124. The molecule has 0 atom stereocenters. The predicted molar refractivity (Wildman–Crippen MR) is 76.0 cm³/mol. The topological polar surface area (TPSA) is 70.5 Å². The first kappa shape index (κ1) is 13.3. The van der Waals surface area contributed by atoms with Crippen molar-refractivity contribution in [3.8, 4) is 0 Å². The molecule has 5 nitrogen and oxygen atoms in total. The van der Waals surface area contributed by atoms with E-state index in [1.165, 1.54) is 0 Å². The molecule has 2 aromatic rings. The average molecular weight is 282 g/mol. The Bertz CT molecular complexity index is 740. The minimum Gasteiger partial charge on any atom is -0.478 e. The van der Waals surface area contributed by atoms with Crippen LogP contribution in [0, 0.1) is 6.92 Å². The highest BCUT2D eigenvalue weighted by molar-refractivity contribution is 5.94. The zero-order chi connectivity index (χ0) is 15.0. The largest absolute Gasteiger partial charge is 0.478 e. The van der Waals surface area contributed by atoms with Gasteiger partial charge in [0, 0.05) is 19.3 Å². The van der Waals surface area contributed by atoms with Crippen molar-refractivity contribution in [1.29, 1.82) is 0 Å². The lowest BCUT2D eigenvalue weighted by atomic mass is 10.1. The SMILES string of the molecule is Cc1cccnc1C(=O)N1Cc2ccc(C(=O)O)cc2C1. The number of aryl methyl sites for hydroxylation is 1. The number of aromatic carboxylic acids is 1. The summed E-state index contributed by atoms with van der Waals surface area (Å²) in [5.74, 6) is -1.08. The quantitative estimate of drug-likeness (QED) is 0.917. The van der Waals surface area contributed by atoms with Crippen LogP contribution >= 0.6 is 0 Å². The highest BCUT2D eigenvalue weighted by atomic mass is 16.4. The Morgan fingerprint density at radius 3 is 2.67 bits per heavy atom. The summed E-state index contributed by atoms with van der Waals surface area (Å²) in [5.41, 5.74) is 3.41. The third-order valence-corrected chi connectivity index (χ3v) is 3.67. The van der Waals surface area contributed by atoms with Crippen LogP contribution in [0.4, 0.5) is 0 Å². The van der Waals surface area contributed by atoms with Crippen LogP contribution < -0.4 is 0 Å². The number of hydrogen-bond acceptors (Lipinski definition) is 3. The summed E-state index contributed by atoms with van der Waals surface area (Å²) >= 11 is 0. The first-order valence-electron chi connectivity index (χ1n) is 6.62. The highest BCUT2D eigenvalue weighted by Crippen LogP contribution is 2.25. The number of rotatable bonds is 2. The molecule has 1 aromatic heterocycles. The molecule has 1 aliphatic rings. The van der Waals surface area contributed by atoms with E-state index >= 15 is 0 Å². The Morgan fingerprint density at radius 2 is 1.95 bits per heavy atom. The fraction of sp³-hybridized carbons (Fsp3) is 0.188. The van der Waals surface area contributed by atoms with E-state index in [9.17, 15) is 9.59 Å². The normalized spacial score (nSPS) is 13.1. The second-order valence-corrected chi connectivity index (χ2v) is 5.12. The van der Waals surface area contributed by atoms with Crippen molar-refractivity contribution < 1.29 is 14.7 Å². The Balaban J connectivity index is 1.86. The molecule has 0 bridgehead atoms. The average Bonchev–Trinajstić information content (AvgIpc) is 2.89. The maximum Gasteiger partial charge on any atom is 0.335 e. The number of pyridine rings is 1. The Kier molecular flexibility index (Phi) is 3.17. The van der Waals surface area contributed by atoms with Crippen LogP contribution in [0.15, 0.2) is 36.5 Å². The fourth-order valence-electron chi connectivity index (χ4n) is 2.53. The van der Waals surface area contributed by atoms with Crippen molar-refractivity contribution in [3.05, 3.63) is 64.5 Å². The first-order valence-corrected chi connectivity index (χ1v) is 6.62. The van der Waals surface area contributed by atoms with Gasteiger partial charge in [-0.2, -0.15) is 0 Å². The molecule has 1 N–H and O–H groups in total. The van der Waals surface area contributed by atoms with Crippen LogP contribution in [0.2, 0.25) is 0 Å². The first-order chi connectivity index (χ1) is 10.1. The lowest BCUT2D eigenvalue weighted by Crippen LogP contribution is -2.26. The van der Waals surface area contributed by atoms with Gasteiger partial charge in [0.15, 0.2) is 0 Å². The third-order valence-electron chi connectivity index (χ3n) is 3.67. The number of amides is 1. The number of aromatic nitrogens is 1. The molecule has 5 heteroatoms. The number of carboxylic acid groups (broad SMARTS) is 1. The molecule has 0 radical (unpaired) electrons. The number of carboxylic acids is 1. The van der Waals surface area contributed by atoms with Crippen molar-refractivity contribution in [2.45, 2.75) is 20.0 Å². The zero-order valence-electron chi connectivity index (χ0n) is 11.5. The summed E-state index contributed by atoms with van der Waals surface area (Å²) in [6, 6.07) is 8.63. The molecule has 0 saturated carbocycles. The molecular weight excluding hydrogens is 268 g/mol. The van der Waals surface area contributed by atoms with E-state index in [1.807, 2.05) is 13.0 Å². The van der Waals surface area contributed by atoms with Gasteiger partial charge in [-0.1, -0.05) is 12.1 Å². The number of nitrogens with zero attached hydrogens (tertiary/aromatic N) is 2. The van der Waals surface area contributed by atoms with E-state index in [0.29, 0.717) is 18.8 Å². The van der Waals surface area contributed by atoms with Gasteiger partial charge >= 0.3 is 5.97 Å². The predicted octanol–water partition coefficient (Wildman–Crippen LogP) is 2.24. The van der Waals surface area contributed by atoms with Gasteiger partial charge in [0.2, 0.25) is 0 Å². The lowest BCUT2D eigenvalue weighted by Gasteiger charge is -2.15. The van der Waals surface area contributed by atoms with Crippen molar-refractivity contribution >= 4 is 11.9 Å². The van der Waals surface area contributed by atoms with Crippen LogP contribution in [0.1, 0.15) is 37.5 Å². The van der Waals surface area contributed by atoms with Crippen molar-refractivity contribution in [2.24, 2.45) is 0 Å². The summed E-state index contributed by atoms with van der Waals surface area (Å²) in [6.07, 6.45) is 1.60. The molecule has 0 saturated heterocycles. The lowest BCUT2D eigenvalue weighted by molar-refractivity contribution is 0.0696. The van der Waals surface area contributed by atoms with E-state index < -0.39 is 5.97 Å².